The highest BCUT2D eigenvalue weighted by atomic mass is 16.5. The molecule has 134 valence electrons. The van der Waals surface area contributed by atoms with Gasteiger partial charge in [0.2, 0.25) is 5.91 Å². The maximum absolute atomic E-state index is 12.3. The van der Waals surface area contributed by atoms with Gasteiger partial charge in [-0.1, -0.05) is 12.1 Å². The van der Waals surface area contributed by atoms with Gasteiger partial charge in [0.05, 0.1) is 13.7 Å². The van der Waals surface area contributed by atoms with E-state index in [9.17, 15) is 9.90 Å². The molecule has 0 radical (unpaired) electrons. The van der Waals surface area contributed by atoms with E-state index >= 15 is 0 Å². The molecule has 0 bridgehead atoms. The summed E-state index contributed by atoms with van der Waals surface area (Å²) in [6.45, 7) is 5.88. The number of benzene rings is 2. The van der Waals surface area contributed by atoms with Crippen molar-refractivity contribution in [3.8, 4) is 5.75 Å². The zero-order valence-corrected chi connectivity index (χ0v) is 15.2. The zero-order valence-electron chi connectivity index (χ0n) is 15.2. The first-order valence-corrected chi connectivity index (χ1v) is 8.35. The Bertz CT molecular complexity index is 744. The number of nitrogens with one attached hydrogen (secondary N) is 2. The van der Waals surface area contributed by atoms with Crippen LogP contribution >= 0.6 is 0 Å². The van der Waals surface area contributed by atoms with Crippen molar-refractivity contribution in [2.24, 2.45) is 0 Å². The second-order valence-electron chi connectivity index (χ2n) is 6.23. The molecule has 0 aliphatic carbocycles. The number of anilines is 2. The van der Waals surface area contributed by atoms with Crippen LogP contribution in [0.3, 0.4) is 0 Å². The van der Waals surface area contributed by atoms with Crippen molar-refractivity contribution >= 4 is 17.3 Å². The molecule has 0 saturated heterocycles. The predicted octanol–water partition coefficient (Wildman–Crippen LogP) is 3.63. The summed E-state index contributed by atoms with van der Waals surface area (Å²) in [6, 6.07) is 11.3. The highest BCUT2D eigenvalue weighted by molar-refractivity contribution is 5.92. The second-order valence-corrected chi connectivity index (χ2v) is 6.23. The zero-order chi connectivity index (χ0) is 18.4. The SMILES string of the molecule is COc1ccc(NC(C)CC(=O)Nc2cccc(C)c2C)cc1CO. The summed E-state index contributed by atoms with van der Waals surface area (Å²) in [5.41, 5.74) is 4.64. The normalized spacial score (nSPS) is 11.7. The van der Waals surface area contributed by atoms with E-state index in [0.717, 1.165) is 22.5 Å². The van der Waals surface area contributed by atoms with E-state index in [0.29, 0.717) is 17.7 Å². The maximum atomic E-state index is 12.3. The molecule has 1 amide bonds. The largest absolute Gasteiger partial charge is 0.496 e. The van der Waals surface area contributed by atoms with E-state index in [1.165, 1.54) is 0 Å². The van der Waals surface area contributed by atoms with Gasteiger partial charge in [0.25, 0.3) is 0 Å². The number of amides is 1. The first-order chi connectivity index (χ1) is 11.9. The lowest BCUT2D eigenvalue weighted by Gasteiger charge is -2.17. The summed E-state index contributed by atoms with van der Waals surface area (Å²) in [6.07, 6.45) is 0.341. The van der Waals surface area contributed by atoms with Crippen LogP contribution in [0.5, 0.6) is 5.75 Å². The van der Waals surface area contributed by atoms with Gasteiger partial charge in [-0.2, -0.15) is 0 Å². The first-order valence-electron chi connectivity index (χ1n) is 8.35. The summed E-state index contributed by atoms with van der Waals surface area (Å²) >= 11 is 0. The molecule has 0 heterocycles. The first kappa shape index (κ1) is 18.8. The Balaban J connectivity index is 1.96. The Morgan fingerprint density at radius 3 is 2.68 bits per heavy atom. The van der Waals surface area contributed by atoms with Gasteiger partial charge in [0.15, 0.2) is 0 Å². The highest BCUT2D eigenvalue weighted by Gasteiger charge is 2.12. The minimum atomic E-state index is -0.0970. The van der Waals surface area contributed by atoms with E-state index in [1.807, 2.05) is 51.1 Å². The molecule has 25 heavy (non-hydrogen) atoms. The highest BCUT2D eigenvalue weighted by Crippen LogP contribution is 2.23. The topological polar surface area (TPSA) is 70.6 Å². The number of hydrogen-bond acceptors (Lipinski definition) is 4. The third-order valence-corrected chi connectivity index (χ3v) is 4.23. The van der Waals surface area contributed by atoms with E-state index in [2.05, 4.69) is 10.6 Å². The van der Waals surface area contributed by atoms with E-state index in [1.54, 1.807) is 13.2 Å². The molecule has 2 aromatic rings. The van der Waals surface area contributed by atoms with Gasteiger partial charge in [-0.15, -0.1) is 0 Å². The molecule has 2 aromatic carbocycles. The maximum Gasteiger partial charge on any atom is 0.226 e. The van der Waals surface area contributed by atoms with Crippen LogP contribution in [-0.2, 0) is 11.4 Å². The molecule has 5 nitrogen and oxygen atoms in total. The van der Waals surface area contributed by atoms with Crippen LogP contribution in [0.15, 0.2) is 36.4 Å². The minimum absolute atomic E-state index is 0.0374. The van der Waals surface area contributed by atoms with Crippen LogP contribution in [-0.4, -0.2) is 24.2 Å². The second kappa shape index (κ2) is 8.53. The Morgan fingerprint density at radius 1 is 1.24 bits per heavy atom. The third-order valence-electron chi connectivity index (χ3n) is 4.23. The van der Waals surface area contributed by atoms with Gasteiger partial charge >= 0.3 is 0 Å². The average molecular weight is 342 g/mol. The number of methoxy groups -OCH3 is 1. The molecule has 0 aromatic heterocycles. The Morgan fingerprint density at radius 2 is 2.00 bits per heavy atom. The van der Waals surface area contributed by atoms with E-state index in [-0.39, 0.29) is 18.6 Å². The summed E-state index contributed by atoms with van der Waals surface area (Å²) < 4.78 is 5.20. The van der Waals surface area contributed by atoms with Crippen LogP contribution in [0.1, 0.15) is 30.0 Å². The van der Waals surface area contributed by atoms with Crippen molar-refractivity contribution in [1.29, 1.82) is 0 Å². The molecule has 1 atom stereocenters. The summed E-state index contributed by atoms with van der Waals surface area (Å²) in [5, 5.41) is 15.6. The van der Waals surface area contributed by atoms with Crippen molar-refractivity contribution in [3.63, 3.8) is 0 Å². The number of aliphatic hydroxyl groups excluding tert-OH is 1. The minimum Gasteiger partial charge on any atom is -0.496 e. The Labute approximate surface area is 149 Å². The third kappa shape index (κ3) is 4.97. The number of aliphatic hydroxyl groups is 1. The fourth-order valence-corrected chi connectivity index (χ4v) is 2.69. The van der Waals surface area contributed by atoms with Crippen molar-refractivity contribution in [3.05, 3.63) is 53.1 Å². The van der Waals surface area contributed by atoms with Gasteiger partial charge < -0.3 is 20.5 Å². The lowest BCUT2D eigenvalue weighted by molar-refractivity contribution is -0.116. The molecule has 0 fully saturated rings. The molecular weight excluding hydrogens is 316 g/mol. The Hall–Kier alpha value is -2.53. The lowest BCUT2D eigenvalue weighted by Crippen LogP contribution is -2.24. The average Bonchev–Trinajstić information content (AvgIpc) is 2.58. The molecular formula is C20H26N2O3. The standard InChI is InChI=1S/C20H26N2O3/c1-13-6-5-7-18(15(13)3)22-20(24)10-14(2)21-17-8-9-19(25-4)16(11-17)12-23/h5-9,11,14,21,23H,10,12H2,1-4H3,(H,22,24). The van der Waals surface area contributed by atoms with Crippen LogP contribution in [0.2, 0.25) is 0 Å². The molecule has 0 spiro atoms. The van der Waals surface area contributed by atoms with Gasteiger partial charge in [-0.05, 0) is 56.2 Å². The summed E-state index contributed by atoms with van der Waals surface area (Å²) in [7, 11) is 1.57. The van der Waals surface area contributed by atoms with E-state index in [4.69, 9.17) is 4.74 Å². The smallest absolute Gasteiger partial charge is 0.226 e. The molecule has 0 saturated carbocycles. The fourth-order valence-electron chi connectivity index (χ4n) is 2.69. The van der Waals surface area contributed by atoms with Gasteiger partial charge in [-0.3, -0.25) is 4.79 Å². The monoisotopic (exact) mass is 342 g/mol. The van der Waals surface area contributed by atoms with Crippen LogP contribution in [0.4, 0.5) is 11.4 Å². The number of ether oxygens (including phenoxy) is 1. The summed E-state index contributed by atoms with van der Waals surface area (Å²) in [4.78, 5) is 12.3. The molecule has 0 aliphatic rings. The van der Waals surface area contributed by atoms with Crippen LogP contribution in [0.25, 0.3) is 0 Å². The molecule has 3 N–H and O–H groups in total. The number of hydrogen-bond donors (Lipinski definition) is 3. The van der Waals surface area contributed by atoms with Crippen LogP contribution < -0.4 is 15.4 Å². The predicted molar refractivity (Wildman–Crippen MR) is 101 cm³/mol. The number of rotatable bonds is 7. The van der Waals surface area contributed by atoms with Gasteiger partial charge in [0, 0.05) is 29.4 Å². The molecule has 5 heteroatoms. The Kier molecular flexibility index (Phi) is 6.42. The number of carbonyl (C=O) groups excluding carboxylic acids is 1. The molecule has 2 rings (SSSR count). The number of carbonyl (C=O) groups is 1. The van der Waals surface area contributed by atoms with E-state index < -0.39 is 0 Å². The van der Waals surface area contributed by atoms with Gasteiger partial charge in [-0.25, -0.2) is 0 Å². The van der Waals surface area contributed by atoms with Crippen molar-refractivity contribution < 1.29 is 14.6 Å². The number of aryl methyl sites for hydroxylation is 1. The van der Waals surface area contributed by atoms with Crippen molar-refractivity contribution in [2.45, 2.75) is 39.8 Å². The van der Waals surface area contributed by atoms with Crippen LogP contribution in [0, 0.1) is 13.8 Å². The fraction of sp³-hybridized carbons (Fsp3) is 0.350. The van der Waals surface area contributed by atoms with Crippen molar-refractivity contribution in [2.75, 3.05) is 17.7 Å². The molecule has 0 aliphatic heterocycles. The lowest BCUT2D eigenvalue weighted by atomic mass is 10.1. The van der Waals surface area contributed by atoms with Gasteiger partial charge in [0.1, 0.15) is 5.75 Å². The molecule has 1 unspecified atom stereocenters. The summed E-state index contributed by atoms with van der Waals surface area (Å²) in [5.74, 6) is 0.609. The quantitative estimate of drug-likeness (QED) is 0.718. The van der Waals surface area contributed by atoms with Crippen molar-refractivity contribution in [1.82, 2.24) is 0 Å².